The first-order chi connectivity index (χ1) is 14.8. The molecule has 2 unspecified atom stereocenters. The highest BCUT2D eigenvalue weighted by atomic mass is 35.5. The van der Waals surface area contributed by atoms with E-state index in [1.165, 1.54) is 6.07 Å². The number of benzene rings is 1. The predicted molar refractivity (Wildman–Crippen MR) is 126 cm³/mol. The van der Waals surface area contributed by atoms with E-state index in [-0.39, 0.29) is 29.2 Å². The lowest BCUT2D eigenvalue weighted by atomic mass is 9.86. The number of phenols is 1. The van der Waals surface area contributed by atoms with Gasteiger partial charge in [0.15, 0.2) is 11.9 Å². The summed E-state index contributed by atoms with van der Waals surface area (Å²) in [6.07, 6.45) is 0.920. The zero-order chi connectivity index (χ0) is 23.8. The molecule has 32 heavy (non-hydrogen) atoms. The van der Waals surface area contributed by atoms with Gasteiger partial charge in [-0.25, -0.2) is 0 Å². The summed E-state index contributed by atoms with van der Waals surface area (Å²) < 4.78 is 27.0. The average molecular weight is 507 g/mol. The summed E-state index contributed by atoms with van der Waals surface area (Å²) in [5.74, 6) is -1.03. The number of carbonyl (C=O) groups excluding carboxylic acids is 1. The van der Waals surface area contributed by atoms with Crippen LogP contribution in [0.4, 0.5) is 0 Å². The summed E-state index contributed by atoms with van der Waals surface area (Å²) >= 11 is 10.9. The Labute approximate surface area is 203 Å². The smallest absolute Gasteiger partial charge is 0.254 e. The van der Waals surface area contributed by atoms with Gasteiger partial charge in [0.25, 0.3) is 5.91 Å². The van der Waals surface area contributed by atoms with Crippen LogP contribution in [0.2, 0.25) is 10.0 Å². The largest absolute Gasteiger partial charge is 0.598 e. The molecule has 0 bridgehead atoms. The Bertz CT molecular complexity index is 848. The van der Waals surface area contributed by atoms with Crippen molar-refractivity contribution in [1.29, 1.82) is 0 Å². The first-order valence-corrected chi connectivity index (χ1v) is 12.7. The van der Waals surface area contributed by atoms with Crippen molar-refractivity contribution in [3.05, 3.63) is 27.7 Å². The quantitative estimate of drug-likeness (QED) is 0.581. The minimum Gasteiger partial charge on any atom is -0.598 e. The Morgan fingerprint density at radius 1 is 1.34 bits per heavy atom. The standard InChI is InChI=1S/C22H32Cl2N2O5S/c1-21(2,3)32(29)25-19(14-9-15(23)16(24)10-17(14)27)13-7-6-8-26(11-13)20(28)18-12-30-22(4,5)31-18/h9-10,13,18-19,25,27H,6-8,11-12H2,1-5H3/t13-,18-,19?,32?/m1/s1. The van der Waals surface area contributed by atoms with Crippen molar-refractivity contribution in [3.8, 4) is 5.75 Å². The van der Waals surface area contributed by atoms with E-state index in [1.807, 2.05) is 20.8 Å². The summed E-state index contributed by atoms with van der Waals surface area (Å²) in [5, 5.41) is 11.2. The van der Waals surface area contributed by atoms with E-state index >= 15 is 0 Å². The number of ether oxygens (including phenoxy) is 2. The lowest BCUT2D eigenvalue weighted by Gasteiger charge is -2.39. The number of halogens is 2. The number of rotatable bonds is 5. The van der Waals surface area contributed by atoms with Crippen molar-refractivity contribution in [2.45, 2.75) is 70.1 Å². The minimum atomic E-state index is -1.41. The highest BCUT2D eigenvalue weighted by Crippen LogP contribution is 2.40. The van der Waals surface area contributed by atoms with Gasteiger partial charge in [0.2, 0.25) is 0 Å². The lowest BCUT2D eigenvalue weighted by Crippen LogP contribution is -2.50. The van der Waals surface area contributed by atoms with Crippen molar-refractivity contribution in [1.82, 2.24) is 9.62 Å². The van der Waals surface area contributed by atoms with Crippen molar-refractivity contribution in [2.24, 2.45) is 5.92 Å². The second-order valence-electron chi connectivity index (χ2n) is 9.81. The Hall–Kier alpha value is -0.740. The molecular formula is C22H32Cl2N2O5S. The van der Waals surface area contributed by atoms with E-state index in [4.69, 9.17) is 32.7 Å². The predicted octanol–water partition coefficient (Wildman–Crippen LogP) is 4.18. The monoisotopic (exact) mass is 506 g/mol. The fourth-order valence-electron chi connectivity index (χ4n) is 4.00. The van der Waals surface area contributed by atoms with Crippen molar-refractivity contribution in [2.75, 3.05) is 19.7 Å². The second kappa shape index (κ2) is 9.86. The molecule has 10 heteroatoms. The third-order valence-electron chi connectivity index (χ3n) is 5.72. The number of hydrogen-bond acceptors (Lipinski definition) is 6. The molecule has 1 aromatic rings. The lowest BCUT2D eigenvalue weighted by molar-refractivity contribution is -0.161. The topological polar surface area (TPSA) is 94.1 Å². The number of carbonyl (C=O) groups is 1. The molecule has 3 rings (SSSR count). The zero-order valence-corrected chi connectivity index (χ0v) is 21.4. The van der Waals surface area contributed by atoms with Gasteiger partial charge in [0.1, 0.15) is 10.5 Å². The number of piperidine rings is 1. The second-order valence-corrected chi connectivity index (χ2v) is 12.6. The molecule has 0 radical (unpaired) electrons. The van der Waals surface area contributed by atoms with Crippen LogP contribution in [0.25, 0.3) is 0 Å². The summed E-state index contributed by atoms with van der Waals surface area (Å²) in [5.41, 5.74) is 0.512. The van der Waals surface area contributed by atoms with Gasteiger partial charge in [0, 0.05) is 42.0 Å². The van der Waals surface area contributed by atoms with Gasteiger partial charge in [-0.05, 0) is 53.5 Å². The van der Waals surface area contributed by atoms with Gasteiger partial charge in [-0.1, -0.05) is 23.2 Å². The number of amides is 1. The van der Waals surface area contributed by atoms with Crippen LogP contribution in [0.5, 0.6) is 5.75 Å². The normalized spacial score (nSPS) is 25.6. The molecule has 4 atom stereocenters. The molecule has 0 aromatic heterocycles. The number of likely N-dealkylation sites (tertiary alicyclic amines) is 1. The maximum Gasteiger partial charge on any atom is 0.254 e. The van der Waals surface area contributed by atoms with Gasteiger partial charge in [-0.15, -0.1) is 4.72 Å². The summed E-state index contributed by atoms with van der Waals surface area (Å²) in [7, 11) is 0. The van der Waals surface area contributed by atoms with Gasteiger partial charge < -0.3 is 24.0 Å². The van der Waals surface area contributed by atoms with Crippen LogP contribution in [0, 0.1) is 5.92 Å². The van der Waals surface area contributed by atoms with E-state index in [1.54, 1.807) is 24.8 Å². The first kappa shape index (κ1) is 25.9. The van der Waals surface area contributed by atoms with E-state index in [2.05, 4.69) is 4.72 Å². The SMILES string of the molecule is CC1(C)OC[C@H](C(=O)N2CCC[C@@H](C(N[S+]([O-])C(C)(C)C)c3cc(Cl)c(Cl)cc3O)C2)O1. The first-order valence-electron chi connectivity index (χ1n) is 10.7. The molecule has 0 spiro atoms. The van der Waals surface area contributed by atoms with Crippen LogP contribution in [0.1, 0.15) is 59.1 Å². The fourth-order valence-corrected chi connectivity index (χ4v) is 5.23. The van der Waals surface area contributed by atoms with Crippen molar-refractivity contribution < 1.29 is 23.9 Å². The van der Waals surface area contributed by atoms with E-state index in [9.17, 15) is 14.5 Å². The molecule has 7 nitrogen and oxygen atoms in total. The Morgan fingerprint density at radius 2 is 2.00 bits per heavy atom. The van der Waals surface area contributed by atoms with E-state index in [0.717, 1.165) is 12.8 Å². The maximum atomic E-state index is 13.1. The number of aromatic hydroxyl groups is 1. The van der Waals surface area contributed by atoms with Crippen LogP contribution in [0.3, 0.4) is 0 Å². The molecule has 2 fully saturated rings. The highest BCUT2D eigenvalue weighted by Gasteiger charge is 2.42. The molecule has 1 aromatic carbocycles. The minimum absolute atomic E-state index is 0.0273. The van der Waals surface area contributed by atoms with Crippen molar-refractivity contribution in [3.63, 3.8) is 0 Å². The van der Waals surface area contributed by atoms with Crippen LogP contribution in [-0.4, -0.2) is 56.8 Å². The summed E-state index contributed by atoms with van der Waals surface area (Å²) in [6, 6.07) is 2.51. The van der Waals surface area contributed by atoms with E-state index in [0.29, 0.717) is 23.7 Å². The summed E-state index contributed by atoms with van der Waals surface area (Å²) in [4.78, 5) is 14.9. The number of phenolic OH excluding ortho intramolecular Hbond substituents is 1. The maximum absolute atomic E-state index is 13.1. The van der Waals surface area contributed by atoms with Gasteiger partial charge in [-0.2, -0.15) is 0 Å². The third kappa shape index (κ3) is 6.03. The fraction of sp³-hybridized carbons (Fsp3) is 0.682. The van der Waals surface area contributed by atoms with Crippen LogP contribution >= 0.6 is 23.2 Å². The third-order valence-corrected chi connectivity index (χ3v) is 8.02. The van der Waals surface area contributed by atoms with Crippen LogP contribution in [-0.2, 0) is 25.6 Å². The van der Waals surface area contributed by atoms with Crippen LogP contribution < -0.4 is 4.72 Å². The molecule has 2 aliphatic heterocycles. The Balaban J connectivity index is 1.85. The molecule has 180 valence electrons. The van der Waals surface area contributed by atoms with Crippen LogP contribution in [0.15, 0.2) is 12.1 Å². The molecule has 2 heterocycles. The molecule has 0 saturated carbocycles. The van der Waals surface area contributed by atoms with Gasteiger partial charge >= 0.3 is 0 Å². The molecule has 2 N–H and O–H groups in total. The molecular weight excluding hydrogens is 475 g/mol. The molecule has 2 aliphatic rings. The number of nitrogens with zero attached hydrogens (tertiary/aromatic N) is 1. The zero-order valence-electron chi connectivity index (χ0n) is 19.1. The number of hydrogen-bond donors (Lipinski definition) is 2. The average Bonchev–Trinajstić information content (AvgIpc) is 3.07. The molecule has 0 aliphatic carbocycles. The van der Waals surface area contributed by atoms with Gasteiger partial charge in [-0.3, -0.25) is 4.79 Å². The van der Waals surface area contributed by atoms with Crippen molar-refractivity contribution >= 4 is 40.5 Å². The highest BCUT2D eigenvalue weighted by molar-refractivity contribution is 7.90. The Kier molecular flexibility index (Phi) is 7.97. The summed E-state index contributed by atoms with van der Waals surface area (Å²) in [6.45, 7) is 10.4. The van der Waals surface area contributed by atoms with E-state index < -0.39 is 34.0 Å². The molecule has 2 saturated heterocycles. The van der Waals surface area contributed by atoms with Gasteiger partial charge in [0.05, 0.1) is 22.7 Å². The number of nitrogens with one attached hydrogen (secondary N) is 1. The Morgan fingerprint density at radius 3 is 2.59 bits per heavy atom. The molecule has 1 amide bonds.